The standard InChI is InChI=1S/C27H25Cl3N2O3S/c1-35-15-14-31-26(34)27(36-23-12-10-22(30)11-13-23)16-24(33)32(17-18-2-6-20(28)7-3-18)25(27)19-4-8-21(29)9-5-19/h2-13,25H,14-17H2,1H3,(H,31,34). The second kappa shape index (κ2) is 11.9. The van der Waals surface area contributed by atoms with E-state index in [0.717, 1.165) is 16.0 Å². The van der Waals surface area contributed by atoms with Crippen LogP contribution in [0.3, 0.4) is 0 Å². The van der Waals surface area contributed by atoms with Crippen LogP contribution in [0.4, 0.5) is 0 Å². The number of nitrogens with one attached hydrogen (secondary N) is 1. The van der Waals surface area contributed by atoms with Crippen molar-refractivity contribution in [3.05, 3.63) is 99.0 Å². The number of likely N-dealkylation sites (tertiary alicyclic amines) is 1. The van der Waals surface area contributed by atoms with Crippen LogP contribution in [0.1, 0.15) is 23.6 Å². The summed E-state index contributed by atoms with van der Waals surface area (Å²) >= 11 is 19.7. The van der Waals surface area contributed by atoms with E-state index >= 15 is 0 Å². The van der Waals surface area contributed by atoms with Crippen molar-refractivity contribution in [2.24, 2.45) is 0 Å². The van der Waals surface area contributed by atoms with Gasteiger partial charge < -0.3 is 15.0 Å². The Morgan fingerprint density at radius 3 is 2.11 bits per heavy atom. The molecule has 188 valence electrons. The summed E-state index contributed by atoms with van der Waals surface area (Å²) in [4.78, 5) is 30.1. The highest BCUT2D eigenvalue weighted by molar-refractivity contribution is 8.01. The van der Waals surface area contributed by atoms with E-state index in [9.17, 15) is 9.59 Å². The Morgan fingerprint density at radius 2 is 1.53 bits per heavy atom. The SMILES string of the molecule is COCCNC(=O)C1(Sc2ccc(Cl)cc2)CC(=O)N(Cc2ccc(Cl)cc2)C1c1ccc(Cl)cc1. The van der Waals surface area contributed by atoms with Crippen molar-refractivity contribution < 1.29 is 14.3 Å². The first-order chi connectivity index (χ1) is 17.3. The molecule has 2 amide bonds. The number of carbonyl (C=O) groups excluding carboxylic acids is 2. The quantitative estimate of drug-likeness (QED) is 0.306. The molecule has 1 N–H and O–H groups in total. The fourth-order valence-electron chi connectivity index (χ4n) is 4.35. The Labute approximate surface area is 230 Å². The van der Waals surface area contributed by atoms with Crippen LogP contribution in [-0.2, 0) is 20.9 Å². The lowest BCUT2D eigenvalue weighted by Crippen LogP contribution is -2.49. The molecule has 2 atom stereocenters. The maximum atomic E-state index is 13.9. The minimum absolute atomic E-state index is 0.0278. The van der Waals surface area contributed by atoms with E-state index in [1.807, 2.05) is 36.4 Å². The highest BCUT2D eigenvalue weighted by atomic mass is 35.5. The number of carbonyl (C=O) groups is 2. The molecular weight excluding hydrogens is 539 g/mol. The van der Waals surface area contributed by atoms with Gasteiger partial charge >= 0.3 is 0 Å². The van der Waals surface area contributed by atoms with Gasteiger partial charge in [-0.1, -0.05) is 59.1 Å². The molecule has 1 aliphatic heterocycles. The van der Waals surface area contributed by atoms with E-state index in [4.69, 9.17) is 39.5 Å². The van der Waals surface area contributed by atoms with Crippen LogP contribution in [0, 0.1) is 0 Å². The van der Waals surface area contributed by atoms with Gasteiger partial charge in [0.25, 0.3) is 0 Å². The first-order valence-electron chi connectivity index (χ1n) is 11.3. The molecule has 1 heterocycles. The zero-order chi connectivity index (χ0) is 25.7. The van der Waals surface area contributed by atoms with E-state index < -0.39 is 10.8 Å². The van der Waals surface area contributed by atoms with Crippen molar-refractivity contribution in [1.29, 1.82) is 0 Å². The van der Waals surface area contributed by atoms with Crippen molar-refractivity contribution in [3.8, 4) is 0 Å². The third-order valence-corrected chi connectivity index (χ3v) is 8.21. The summed E-state index contributed by atoms with van der Waals surface area (Å²) < 4.78 is 4.00. The summed E-state index contributed by atoms with van der Waals surface area (Å²) in [6, 6.07) is 21.4. The lowest BCUT2D eigenvalue weighted by Gasteiger charge is -2.36. The molecule has 2 unspecified atom stereocenters. The molecule has 1 aliphatic rings. The van der Waals surface area contributed by atoms with Gasteiger partial charge in [-0.15, -0.1) is 11.8 Å². The third-order valence-electron chi connectivity index (χ3n) is 6.03. The summed E-state index contributed by atoms with van der Waals surface area (Å²) in [5.74, 6) is -0.348. The van der Waals surface area contributed by atoms with Gasteiger partial charge in [-0.25, -0.2) is 0 Å². The minimum atomic E-state index is -1.14. The Bertz CT molecular complexity index is 1210. The molecule has 0 spiro atoms. The molecule has 5 nitrogen and oxygen atoms in total. The van der Waals surface area contributed by atoms with Gasteiger partial charge in [-0.05, 0) is 59.7 Å². The van der Waals surface area contributed by atoms with Crippen LogP contribution in [0.2, 0.25) is 15.1 Å². The summed E-state index contributed by atoms with van der Waals surface area (Å²) in [7, 11) is 1.58. The van der Waals surface area contributed by atoms with Gasteiger partial charge in [0, 0.05) is 40.2 Å². The molecule has 0 bridgehead atoms. The summed E-state index contributed by atoms with van der Waals surface area (Å²) in [6.45, 7) is 1.02. The highest BCUT2D eigenvalue weighted by Crippen LogP contribution is 2.53. The van der Waals surface area contributed by atoms with E-state index in [-0.39, 0.29) is 18.2 Å². The van der Waals surface area contributed by atoms with Crippen LogP contribution in [0.15, 0.2) is 77.7 Å². The molecule has 1 fully saturated rings. The number of ether oxygens (including phenoxy) is 1. The van der Waals surface area contributed by atoms with Crippen molar-refractivity contribution in [3.63, 3.8) is 0 Å². The normalized spacial score (nSPS) is 19.5. The number of halogens is 3. The van der Waals surface area contributed by atoms with Crippen LogP contribution in [-0.4, -0.2) is 41.7 Å². The lowest BCUT2D eigenvalue weighted by molar-refractivity contribution is -0.129. The number of thioether (sulfide) groups is 1. The van der Waals surface area contributed by atoms with E-state index in [1.165, 1.54) is 11.8 Å². The zero-order valence-corrected chi connectivity index (χ0v) is 22.6. The van der Waals surface area contributed by atoms with Gasteiger partial charge in [0.15, 0.2) is 0 Å². The monoisotopic (exact) mass is 562 g/mol. The average molecular weight is 564 g/mol. The van der Waals surface area contributed by atoms with Gasteiger partial charge in [-0.3, -0.25) is 9.59 Å². The molecular formula is C27H25Cl3N2O3S. The van der Waals surface area contributed by atoms with E-state index in [0.29, 0.717) is 34.8 Å². The number of hydrogen-bond donors (Lipinski definition) is 1. The Kier molecular flexibility index (Phi) is 8.86. The highest BCUT2D eigenvalue weighted by Gasteiger charge is 2.58. The van der Waals surface area contributed by atoms with E-state index in [1.54, 1.807) is 48.4 Å². The van der Waals surface area contributed by atoms with Crippen molar-refractivity contribution in [2.75, 3.05) is 20.3 Å². The summed E-state index contributed by atoms with van der Waals surface area (Å²) in [6.07, 6.45) is 0.0278. The number of benzene rings is 3. The van der Waals surface area contributed by atoms with Gasteiger partial charge in [-0.2, -0.15) is 0 Å². The van der Waals surface area contributed by atoms with Gasteiger partial charge in [0.1, 0.15) is 4.75 Å². The molecule has 3 aromatic rings. The summed E-state index contributed by atoms with van der Waals surface area (Å²) in [5, 5.41) is 4.78. The molecule has 0 radical (unpaired) electrons. The minimum Gasteiger partial charge on any atom is -0.383 e. The first kappa shape index (κ1) is 26.8. The van der Waals surface area contributed by atoms with Crippen molar-refractivity contribution in [2.45, 2.75) is 28.6 Å². The maximum absolute atomic E-state index is 13.9. The molecule has 3 aromatic carbocycles. The fourth-order valence-corrected chi connectivity index (χ4v) is 6.16. The number of hydrogen-bond acceptors (Lipinski definition) is 4. The molecule has 0 saturated carbocycles. The molecule has 4 rings (SSSR count). The number of rotatable bonds is 9. The van der Waals surface area contributed by atoms with Crippen molar-refractivity contribution >= 4 is 58.4 Å². The topological polar surface area (TPSA) is 58.6 Å². The Morgan fingerprint density at radius 1 is 0.972 bits per heavy atom. The Hall–Kier alpha value is -2.22. The van der Waals surface area contributed by atoms with Gasteiger partial charge in [0.2, 0.25) is 11.8 Å². The maximum Gasteiger partial charge on any atom is 0.239 e. The second-order valence-corrected chi connectivity index (χ2v) is 11.2. The number of amides is 2. The predicted octanol–water partition coefficient (Wildman–Crippen LogP) is 6.41. The average Bonchev–Trinajstić information content (AvgIpc) is 3.14. The van der Waals surface area contributed by atoms with Crippen LogP contribution >= 0.6 is 46.6 Å². The summed E-state index contributed by atoms with van der Waals surface area (Å²) in [5.41, 5.74) is 1.74. The Balaban J connectivity index is 1.81. The van der Waals surface area contributed by atoms with Crippen molar-refractivity contribution in [1.82, 2.24) is 10.2 Å². The largest absolute Gasteiger partial charge is 0.383 e. The third kappa shape index (κ3) is 6.01. The zero-order valence-electron chi connectivity index (χ0n) is 19.5. The molecule has 0 aliphatic carbocycles. The van der Waals surface area contributed by atoms with Gasteiger partial charge in [0.05, 0.1) is 19.1 Å². The number of methoxy groups -OCH3 is 1. The fraction of sp³-hybridized carbons (Fsp3) is 0.259. The second-order valence-electron chi connectivity index (χ2n) is 8.47. The molecule has 0 aromatic heterocycles. The van der Waals surface area contributed by atoms with Crippen LogP contribution < -0.4 is 5.32 Å². The molecule has 9 heteroatoms. The molecule has 36 heavy (non-hydrogen) atoms. The number of nitrogens with zero attached hydrogens (tertiary/aromatic N) is 1. The predicted molar refractivity (Wildman–Crippen MR) is 146 cm³/mol. The molecule has 1 saturated heterocycles. The van der Waals surface area contributed by atoms with Crippen LogP contribution in [0.25, 0.3) is 0 Å². The smallest absolute Gasteiger partial charge is 0.239 e. The lowest BCUT2D eigenvalue weighted by atomic mass is 9.91. The first-order valence-corrected chi connectivity index (χ1v) is 13.3. The van der Waals surface area contributed by atoms with Crippen LogP contribution in [0.5, 0.6) is 0 Å². The van der Waals surface area contributed by atoms with E-state index in [2.05, 4.69) is 5.32 Å².